The van der Waals surface area contributed by atoms with Crippen LogP contribution in [0.15, 0.2) is 71.8 Å². The molecule has 1 saturated heterocycles. The Morgan fingerprint density at radius 2 is 1.70 bits per heavy atom. The van der Waals surface area contributed by atoms with Crippen LogP contribution in [0.4, 0.5) is 5.95 Å². The van der Waals surface area contributed by atoms with Crippen LogP contribution < -0.4 is 10.9 Å². The van der Waals surface area contributed by atoms with Crippen LogP contribution in [0.3, 0.4) is 0 Å². The van der Waals surface area contributed by atoms with Crippen LogP contribution in [-0.4, -0.2) is 51.7 Å². The van der Waals surface area contributed by atoms with E-state index in [4.69, 9.17) is 18.6 Å². The Kier molecular flexibility index (Phi) is 8.70. The highest BCUT2D eigenvalue weighted by Gasteiger charge is 2.90. The second kappa shape index (κ2) is 12.5. The summed E-state index contributed by atoms with van der Waals surface area (Å²) in [6.45, 7) is 16.1. The Balaban J connectivity index is 1.29. The van der Waals surface area contributed by atoms with E-state index in [0.717, 1.165) is 24.0 Å². The molecule has 1 amide bonds. The Morgan fingerprint density at radius 3 is 2.30 bits per heavy atom. The van der Waals surface area contributed by atoms with Crippen molar-refractivity contribution in [3.63, 3.8) is 0 Å². The number of hydrogen-bond acceptors (Lipinski definition) is 8. The van der Waals surface area contributed by atoms with Gasteiger partial charge in [0.25, 0.3) is 5.56 Å². The summed E-state index contributed by atoms with van der Waals surface area (Å²) in [6.07, 6.45) is 3.37. The second-order valence-corrected chi connectivity index (χ2v) is 20.7. The molecular weight excluding hydrogens is 651 g/mol. The van der Waals surface area contributed by atoms with Crippen LogP contribution in [0.5, 0.6) is 0 Å². The van der Waals surface area contributed by atoms with Gasteiger partial charge in [-0.1, -0.05) is 95.3 Å². The van der Waals surface area contributed by atoms with Gasteiger partial charge in [-0.25, -0.2) is 4.98 Å². The minimum atomic E-state index is -2.38. The van der Waals surface area contributed by atoms with Crippen LogP contribution in [-0.2, 0) is 36.6 Å². The van der Waals surface area contributed by atoms with E-state index in [1.807, 2.05) is 41.0 Å². The van der Waals surface area contributed by atoms with Crippen LogP contribution in [0.2, 0.25) is 18.1 Å². The van der Waals surface area contributed by atoms with Crippen molar-refractivity contribution < 1.29 is 23.4 Å². The molecule has 1 aliphatic heterocycles. The van der Waals surface area contributed by atoms with E-state index in [2.05, 4.69) is 78.4 Å². The molecule has 2 saturated carbocycles. The molecule has 12 heteroatoms. The summed E-state index contributed by atoms with van der Waals surface area (Å²) >= 11 is 0. The number of nitrogens with one attached hydrogen (secondary N) is 2. The number of nitrogens with zero attached hydrogens (tertiary/aromatic N) is 3. The number of aromatic nitrogens is 4. The molecule has 3 heterocycles. The lowest BCUT2D eigenvalue weighted by Gasteiger charge is -2.67. The van der Waals surface area contributed by atoms with Crippen molar-refractivity contribution in [1.82, 2.24) is 19.5 Å². The van der Waals surface area contributed by atoms with E-state index in [1.165, 1.54) is 0 Å². The number of anilines is 1. The third-order valence-corrected chi connectivity index (χ3v) is 15.9. The summed E-state index contributed by atoms with van der Waals surface area (Å²) in [7, 11) is -2.38. The second-order valence-electron chi connectivity index (χ2n) is 16.0. The summed E-state index contributed by atoms with van der Waals surface area (Å²) in [6, 6.07) is 20.4. The first kappa shape index (κ1) is 34.8. The number of aromatic amines is 1. The van der Waals surface area contributed by atoms with Gasteiger partial charge in [-0.05, 0) is 42.1 Å². The van der Waals surface area contributed by atoms with Crippen molar-refractivity contribution >= 4 is 31.3 Å². The molecule has 11 nitrogen and oxygen atoms in total. The van der Waals surface area contributed by atoms with Crippen LogP contribution in [0.25, 0.3) is 11.2 Å². The number of amides is 1. The van der Waals surface area contributed by atoms with Gasteiger partial charge in [0.05, 0.1) is 31.6 Å². The number of carbonyl (C=O) groups is 1. The monoisotopic (exact) mass is 699 g/mol. The van der Waals surface area contributed by atoms with Gasteiger partial charge in [0, 0.05) is 18.3 Å². The highest BCUT2D eigenvalue weighted by atomic mass is 28.4. The summed E-state index contributed by atoms with van der Waals surface area (Å²) in [5.41, 5.74) is 1.10. The van der Waals surface area contributed by atoms with Crippen LogP contribution in [0.1, 0.15) is 71.2 Å². The zero-order valence-electron chi connectivity index (χ0n) is 30.1. The number of fused-ring (bicyclic) bond motifs is 3. The molecule has 3 unspecified atom stereocenters. The summed E-state index contributed by atoms with van der Waals surface area (Å²) in [5.74, 6) is -1.55. The van der Waals surface area contributed by atoms with Crippen molar-refractivity contribution in [3.05, 3.63) is 88.5 Å². The van der Waals surface area contributed by atoms with E-state index < -0.39 is 36.9 Å². The fourth-order valence-electron chi connectivity index (χ4n) is 7.65. The molecule has 4 atom stereocenters. The lowest BCUT2D eigenvalue weighted by molar-refractivity contribution is -0.403. The fraction of sp³-hybridized carbons (Fsp3) is 0.526. The van der Waals surface area contributed by atoms with Gasteiger partial charge in [-0.15, -0.1) is 0 Å². The Bertz CT molecular complexity index is 1920. The van der Waals surface area contributed by atoms with Crippen molar-refractivity contribution in [3.8, 4) is 0 Å². The molecule has 2 aliphatic carbocycles. The van der Waals surface area contributed by atoms with Gasteiger partial charge in [0.15, 0.2) is 25.3 Å². The van der Waals surface area contributed by atoms with Crippen molar-refractivity contribution in [2.24, 2.45) is 17.3 Å². The minimum Gasteiger partial charge on any atom is -0.389 e. The molecule has 50 heavy (non-hydrogen) atoms. The van der Waals surface area contributed by atoms with Gasteiger partial charge in [0.1, 0.15) is 11.8 Å². The molecule has 2 aromatic carbocycles. The molecule has 2 aromatic heterocycles. The number of rotatable bonds is 12. The number of H-pyrrole nitrogens is 1. The first-order valence-electron chi connectivity index (χ1n) is 17.7. The highest BCUT2D eigenvalue weighted by molar-refractivity contribution is 6.74. The normalized spacial score (nSPS) is 25.5. The van der Waals surface area contributed by atoms with E-state index in [1.54, 1.807) is 20.2 Å². The maximum Gasteiger partial charge on any atom is 0.280 e. The summed E-state index contributed by atoms with van der Waals surface area (Å²) < 4.78 is 30.3. The van der Waals surface area contributed by atoms with Gasteiger partial charge in [-0.2, -0.15) is 4.98 Å². The molecule has 3 aliphatic rings. The number of ether oxygens (including phenoxy) is 3. The lowest BCUT2D eigenvalue weighted by atomic mass is 9.53. The van der Waals surface area contributed by atoms with Gasteiger partial charge in [0.2, 0.25) is 11.9 Å². The SMILES string of the molecule is CC(C)C(=O)Nc1nc2c(ncn2[C@H]2CC3C(COCc4ccccc4)(O2)C2(CC2)C3(OCc2ccccc2)O[Si](C)(C)C(C)(C)C)c(=O)[nH]1. The topological polar surface area (TPSA) is 130 Å². The highest BCUT2D eigenvalue weighted by Crippen LogP contribution is 2.82. The predicted octanol–water partition coefficient (Wildman–Crippen LogP) is 6.93. The molecular formula is C38H49N5O6Si. The van der Waals surface area contributed by atoms with Gasteiger partial charge < -0.3 is 18.6 Å². The maximum atomic E-state index is 13.1. The minimum absolute atomic E-state index is 0.0601. The molecule has 266 valence electrons. The zero-order valence-corrected chi connectivity index (χ0v) is 31.1. The van der Waals surface area contributed by atoms with Crippen molar-refractivity contribution in [2.45, 2.75) is 103 Å². The van der Waals surface area contributed by atoms with Crippen LogP contribution >= 0.6 is 0 Å². The van der Waals surface area contributed by atoms with E-state index in [-0.39, 0.29) is 34.2 Å². The number of hydrogen-bond donors (Lipinski definition) is 2. The van der Waals surface area contributed by atoms with E-state index >= 15 is 0 Å². The molecule has 2 N–H and O–H groups in total. The van der Waals surface area contributed by atoms with Crippen LogP contribution in [0, 0.1) is 17.3 Å². The van der Waals surface area contributed by atoms with Gasteiger partial charge >= 0.3 is 0 Å². The van der Waals surface area contributed by atoms with E-state index in [9.17, 15) is 9.59 Å². The predicted molar refractivity (Wildman–Crippen MR) is 193 cm³/mol. The Morgan fingerprint density at radius 1 is 1.06 bits per heavy atom. The molecule has 3 fully saturated rings. The number of benzene rings is 2. The first-order chi connectivity index (χ1) is 23.7. The molecule has 0 bridgehead atoms. The maximum absolute atomic E-state index is 13.1. The average molecular weight is 700 g/mol. The zero-order chi connectivity index (χ0) is 35.5. The molecule has 0 radical (unpaired) electrons. The number of carbonyl (C=O) groups excluding carboxylic acids is 1. The molecule has 4 aromatic rings. The van der Waals surface area contributed by atoms with Crippen molar-refractivity contribution in [2.75, 3.05) is 11.9 Å². The lowest BCUT2D eigenvalue weighted by Crippen LogP contribution is -2.79. The fourth-order valence-corrected chi connectivity index (χ4v) is 9.11. The Hall–Kier alpha value is -3.68. The smallest absolute Gasteiger partial charge is 0.280 e. The quantitative estimate of drug-likeness (QED) is 0.120. The summed E-state index contributed by atoms with van der Waals surface area (Å²) in [5, 5.41) is 2.67. The van der Waals surface area contributed by atoms with Gasteiger partial charge in [-0.3, -0.25) is 24.5 Å². The first-order valence-corrected chi connectivity index (χ1v) is 20.6. The molecule has 1 spiro atoms. The number of imidazole rings is 1. The van der Waals surface area contributed by atoms with Crippen molar-refractivity contribution in [1.29, 1.82) is 0 Å². The molecule has 7 rings (SSSR count). The standard InChI is InChI=1S/C38H49N5O6Si/c1-25(2)32(44)41-34-40-31-30(33(45)42-34)39-24-43(31)29-20-28-37(48-29,23-46-21-26-14-10-8-11-15-26)36(18-19-36)38(28,49-50(6,7)35(3,4)5)47-22-27-16-12-9-13-17-27/h8-17,24-25,28-29H,18-23H2,1-7H3,(H2,40,41,42,44,45)/t28?,29-,37?,38?/m1/s1. The van der Waals surface area contributed by atoms with E-state index in [0.29, 0.717) is 31.9 Å². The summed E-state index contributed by atoms with van der Waals surface area (Å²) in [4.78, 5) is 37.4. The average Bonchev–Trinajstić information content (AvgIpc) is 3.70. The third kappa shape index (κ3) is 5.65. The largest absolute Gasteiger partial charge is 0.389 e. The third-order valence-electron chi connectivity index (χ3n) is 11.5. The Labute approximate surface area is 294 Å².